The molecule has 2 heterocycles. The number of carbonyl (C=O) groups is 1. The Balaban J connectivity index is 2.18. The van der Waals surface area contributed by atoms with Crippen molar-refractivity contribution in [3.05, 3.63) is 18.5 Å². The van der Waals surface area contributed by atoms with Crippen molar-refractivity contribution in [1.82, 2.24) is 10.3 Å². The minimum Gasteiger partial charge on any atom is -0.384 e. The Hall–Kier alpha value is -1.82. The fraction of sp³-hybridized carbons (Fsp3) is 0.600. The lowest BCUT2D eigenvalue weighted by Gasteiger charge is -2.36. The molecule has 1 amide bonds. The summed E-state index contributed by atoms with van der Waals surface area (Å²) in [6.07, 6.45) is 3.58. The van der Waals surface area contributed by atoms with E-state index in [1.165, 1.54) is 0 Å². The van der Waals surface area contributed by atoms with E-state index in [9.17, 15) is 4.79 Å². The SMILES string of the molecule is CCNc1cncc(N2CCOCC2C(=O)NC(C)C)c1. The molecule has 0 bridgehead atoms. The molecule has 0 aliphatic carbocycles. The minimum atomic E-state index is -0.306. The number of morpholine rings is 1. The first kappa shape index (κ1) is 15.6. The van der Waals surface area contributed by atoms with Crippen LogP contribution in [0.15, 0.2) is 18.5 Å². The number of amides is 1. The van der Waals surface area contributed by atoms with Crippen molar-refractivity contribution in [3.63, 3.8) is 0 Å². The number of rotatable bonds is 5. The summed E-state index contributed by atoms with van der Waals surface area (Å²) < 4.78 is 5.48. The van der Waals surface area contributed by atoms with Crippen LogP contribution in [-0.2, 0) is 9.53 Å². The zero-order valence-corrected chi connectivity index (χ0v) is 12.9. The highest BCUT2D eigenvalue weighted by Crippen LogP contribution is 2.22. The van der Waals surface area contributed by atoms with Crippen molar-refractivity contribution >= 4 is 17.3 Å². The molecule has 1 atom stereocenters. The second kappa shape index (κ2) is 7.26. The van der Waals surface area contributed by atoms with Gasteiger partial charge in [0, 0.05) is 19.1 Å². The molecule has 1 aliphatic rings. The molecule has 0 spiro atoms. The van der Waals surface area contributed by atoms with Crippen molar-refractivity contribution in [2.45, 2.75) is 32.9 Å². The number of pyridine rings is 1. The number of nitrogens with one attached hydrogen (secondary N) is 2. The summed E-state index contributed by atoms with van der Waals surface area (Å²) in [6.45, 7) is 8.51. The summed E-state index contributed by atoms with van der Waals surface area (Å²) in [5, 5.41) is 6.20. The van der Waals surface area contributed by atoms with Crippen LogP contribution in [0.1, 0.15) is 20.8 Å². The third-order valence-electron chi connectivity index (χ3n) is 3.30. The van der Waals surface area contributed by atoms with Crippen molar-refractivity contribution in [2.75, 3.05) is 36.5 Å². The predicted molar refractivity (Wildman–Crippen MR) is 83.6 cm³/mol. The van der Waals surface area contributed by atoms with E-state index in [2.05, 4.69) is 20.5 Å². The maximum Gasteiger partial charge on any atom is 0.245 e. The maximum atomic E-state index is 12.3. The number of nitrogens with zero attached hydrogens (tertiary/aromatic N) is 2. The standard InChI is InChI=1S/C15H24N4O2/c1-4-17-12-7-13(9-16-8-12)19-5-6-21-10-14(19)15(20)18-11(2)3/h7-9,11,14,17H,4-6,10H2,1-3H3,(H,18,20). The minimum absolute atomic E-state index is 0.00134. The second-order valence-electron chi connectivity index (χ2n) is 5.41. The molecule has 1 unspecified atom stereocenters. The Bertz CT molecular complexity index is 478. The van der Waals surface area contributed by atoms with Crippen molar-refractivity contribution in [3.8, 4) is 0 Å². The van der Waals surface area contributed by atoms with E-state index in [0.717, 1.165) is 17.9 Å². The number of hydrogen-bond acceptors (Lipinski definition) is 5. The van der Waals surface area contributed by atoms with Crippen LogP contribution in [0.2, 0.25) is 0 Å². The third-order valence-corrected chi connectivity index (χ3v) is 3.30. The molecule has 1 aliphatic heterocycles. The molecule has 2 rings (SSSR count). The fourth-order valence-corrected chi connectivity index (χ4v) is 2.40. The van der Waals surface area contributed by atoms with E-state index in [-0.39, 0.29) is 18.0 Å². The number of aromatic nitrogens is 1. The average molecular weight is 292 g/mol. The molecule has 0 aromatic carbocycles. The number of hydrogen-bond donors (Lipinski definition) is 2. The smallest absolute Gasteiger partial charge is 0.245 e. The van der Waals surface area contributed by atoms with E-state index in [0.29, 0.717) is 19.8 Å². The first-order valence-electron chi connectivity index (χ1n) is 7.45. The van der Waals surface area contributed by atoms with Gasteiger partial charge in [0.25, 0.3) is 0 Å². The van der Waals surface area contributed by atoms with Crippen molar-refractivity contribution < 1.29 is 9.53 Å². The van der Waals surface area contributed by atoms with Gasteiger partial charge in [-0.25, -0.2) is 0 Å². The Morgan fingerprint density at radius 2 is 2.33 bits per heavy atom. The van der Waals surface area contributed by atoms with Gasteiger partial charge in [0.1, 0.15) is 6.04 Å². The van der Waals surface area contributed by atoms with Crippen LogP contribution in [0.4, 0.5) is 11.4 Å². The topological polar surface area (TPSA) is 66.5 Å². The monoisotopic (exact) mass is 292 g/mol. The first-order chi connectivity index (χ1) is 10.1. The molecule has 0 radical (unpaired) electrons. The van der Waals surface area contributed by atoms with Gasteiger partial charge in [0.05, 0.1) is 37.0 Å². The highest BCUT2D eigenvalue weighted by atomic mass is 16.5. The molecule has 2 N–H and O–H groups in total. The highest BCUT2D eigenvalue weighted by Gasteiger charge is 2.30. The van der Waals surface area contributed by atoms with Gasteiger partial charge in [-0.15, -0.1) is 0 Å². The summed E-state index contributed by atoms with van der Waals surface area (Å²) in [5.41, 5.74) is 1.91. The van der Waals surface area contributed by atoms with E-state index >= 15 is 0 Å². The normalized spacial score (nSPS) is 18.7. The average Bonchev–Trinajstić information content (AvgIpc) is 2.47. The van der Waals surface area contributed by atoms with Gasteiger partial charge >= 0.3 is 0 Å². The van der Waals surface area contributed by atoms with Gasteiger partial charge in [-0.05, 0) is 26.8 Å². The summed E-state index contributed by atoms with van der Waals surface area (Å²) in [4.78, 5) is 18.7. The predicted octanol–water partition coefficient (Wildman–Crippen LogP) is 1.24. The Kier molecular flexibility index (Phi) is 5.38. The molecule has 1 fully saturated rings. The third kappa shape index (κ3) is 4.07. The maximum absolute atomic E-state index is 12.3. The quantitative estimate of drug-likeness (QED) is 0.855. The molecule has 1 saturated heterocycles. The zero-order valence-electron chi connectivity index (χ0n) is 12.9. The van der Waals surface area contributed by atoms with Crippen molar-refractivity contribution in [2.24, 2.45) is 0 Å². The molecule has 1 aromatic rings. The first-order valence-corrected chi connectivity index (χ1v) is 7.45. The summed E-state index contributed by atoms with van der Waals surface area (Å²) in [5.74, 6) is -0.00134. The van der Waals surface area contributed by atoms with Gasteiger partial charge in [0.2, 0.25) is 5.91 Å². The van der Waals surface area contributed by atoms with Crippen LogP contribution >= 0.6 is 0 Å². The van der Waals surface area contributed by atoms with Crippen LogP contribution in [0, 0.1) is 0 Å². The van der Waals surface area contributed by atoms with E-state index in [1.54, 1.807) is 12.4 Å². The molecule has 6 nitrogen and oxygen atoms in total. The second-order valence-corrected chi connectivity index (χ2v) is 5.41. The Morgan fingerprint density at radius 3 is 3.05 bits per heavy atom. The Morgan fingerprint density at radius 1 is 1.52 bits per heavy atom. The van der Waals surface area contributed by atoms with Gasteiger partial charge in [-0.1, -0.05) is 0 Å². The van der Waals surface area contributed by atoms with E-state index in [1.807, 2.05) is 26.8 Å². The molecule has 116 valence electrons. The largest absolute Gasteiger partial charge is 0.384 e. The molecule has 6 heteroatoms. The molecular formula is C15H24N4O2. The van der Waals surface area contributed by atoms with Gasteiger partial charge in [0.15, 0.2) is 0 Å². The van der Waals surface area contributed by atoms with Crippen LogP contribution in [0.5, 0.6) is 0 Å². The number of carbonyl (C=O) groups excluding carboxylic acids is 1. The molecular weight excluding hydrogens is 268 g/mol. The van der Waals surface area contributed by atoms with Gasteiger partial charge < -0.3 is 20.3 Å². The summed E-state index contributed by atoms with van der Waals surface area (Å²) in [7, 11) is 0. The Labute approximate surface area is 125 Å². The van der Waals surface area contributed by atoms with Gasteiger partial charge in [-0.2, -0.15) is 0 Å². The van der Waals surface area contributed by atoms with Gasteiger partial charge in [-0.3, -0.25) is 9.78 Å². The van der Waals surface area contributed by atoms with Crippen LogP contribution in [0.3, 0.4) is 0 Å². The van der Waals surface area contributed by atoms with Crippen LogP contribution in [0.25, 0.3) is 0 Å². The van der Waals surface area contributed by atoms with E-state index in [4.69, 9.17) is 4.74 Å². The van der Waals surface area contributed by atoms with Crippen molar-refractivity contribution in [1.29, 1.82) is 0 Å². The summed E-state index contributed by atoms with van der Waals surface area (Å²) in [6, 6.07) is 1.84. The number of anilines is 2. The van der Waals surface area contributed by atoms with E-state index < -0.39 is 0 Å². The molecule has 0 saturated carbocycles. The lowest BCUT2D eigenvalue weighted by atomic mass is 10.1. The molecule has 1 aromatic heterocycles. The zero-order chi connectivity index (χ0) is 15.2. The summed E-state index contributed by atoms with van der Waals surface area (Å²) >= 11 is 0. The lowest BCUT2D eigenvalue weighted by molar-refractivity contribution is -0.125. The lowest BCUT2D eigenvalue weighted by Crippen LogP contribution is -2.55. The fourth-order valence-electron chi connectivity index (χ4n) is 2.40. The number of ether oxygens (including phenoxy) is 1. The highest BCUT2D eigenvalue weighted by molar-refractivity contribution is 5.86. The van der Waals surface area contributed by atoms with Crippen LogP contribution in [-0.4, -0.2) is 49.3 Å². The van der Waals surface area contributed by atoms with Crippen LogP contribution < -0.4 is 15.5 Å². The molecule has 21 heavy (non-hydrogen) atoms.